The van der Waals surface area contributed by atoms with Crippen LogP contribution in [0.5, 0.6) is 0 Å². The molecule has 5 aromatic rings. The third kappa shape index (κ3) is 7.35. The summed E-state index contributed by atoms with van der Waals surface area (Å²) in [6.07, 6.45) is -2.76. The molecule has 12 heteroatoms. The molecule has 1 N–H and O–H groups in total. The van der Waals surface area contributed by atoms with Gasteiger partial charge in [0.2, 0.25) is 0 Å². The van der Waals surface area contributed by atoms with Gasteiger partial charge in [-0.1, -0.05) is 72.8 Å². The molecule has 4 aromatic carbocycles. The summed E-state index contributed by atoms with van der Waals surface area (Å²) in [4.78, 5) is 70.3. The van der Waals surface area contributed by atoms with Gasteiger partial charge in [0.1, 0.15) is 18.5 Å². The van der Waals surface area contributed by atoms with Crippen molar-refractivity contribution in [1.29, 1.82) is 0 Å². The van der Waals surface area contributed by atoms with Crippen molar-refractivity contribution >= 4 is 29.6 Å². The Hall–Kier alpha value is -6.40. The number of amides is 1. The molecule has 6 rings (SSSR count). The lowest BCUT2D eigenvalue weighted by Crippen LogP contribution is -2.51. The first kappa shape index (κ1) is 33.5. The van der Waals surface area contributed by atoms with Crippen molar-refractivity contribution in [2.45, 2.75) is 31.0 Å². The molecule has 1 aromatic heterocycles. The van der Waals surface area contributed by atoms with Gasteiger partial charge in [-0.3, -0.25) is 9.36 Å². The van der Waals surface area contributed by atoms with Gasteiger partial charge in [-0.25, -0.2) is 19.2 Å². The Morgan fingerprint density at radius 1 is 0.720 bits per heavy atom. The summed E-state index contributed by atoms with van der Waals surface area (Å²) in [5.74, 6) is -2.77. The number of carbonyl (C=O) groups excluding carboxylic acids is 4. The van der Waals surface area contributed by atoms with Crippen molar-refractivity contribution < 1.29 is 38.1 Å². The number of hydrogen-bond donors (Lipinski definition) is 1. The topological polar surface area (TPSA) is 152 Å². The second-order valence-electron chi connectivity index (χ2n) is 11.4. The molecule has 0 unspecified atom stereocenters. The third-order valence-corrected chi connectivity index (χ3v) is 8.01. The second-order valence-corrected chi connectivity index (χ2v) is 11.4. The van der Waals surface area contributed by atoms with Crippen molar-refractivity contribution in [2.24, 2.45) is 0 Å². The molecule has 0 saturated carbocycles. The third-order valence-electron chi connectivity index (χ3n) is 8.01. The first-order valence-corrected chi connectivity index (χ1v) is 15.6. The smallest absolute Gasteiger partial charge is 0.351 e. The van der Waals surface area contributed by atoms with Crippen LogP contribution in [-0.2, 0) is 18.9 Å². The van der Waals surface area contributed by atoms with Crippen molar-refractivity contribution in [2.75, 3.05) is 11.9 Å². The molecule has 1 aliphatic rings. The molecule has 1 fully saturated rings. The van der Waals surface area contributed by atoms with Crippen molar-refractivity contribution in [1.82, 2.24) is 9.55 Å². The van der Waals surface area contributed by atoms with Gasteiger partial charge < -0.3 is 24.3 Å². The average molecular weight is 674 g/mol. The SMILES string of the molecule is C[C@]1(OC(=O)c2ccccc2)[C@H](OC(=O)c2ccccc2)[C@@H](COC(=O)c2ccccc2)O[C@H]1n1ccc(NC(=O)c2ccccc2)nc1=O. The van der Waals surface area contributed by atoms with Crippen LogP contribution in [0.1, 0.15) is 54.6 Å². The molecular weight excluding hydrogens is 642 g/mol. The molecule has 0 radical (unpaired) electrons. The molecule has 1 aliphatic heterocycles. The number of nitrogens with one attached hydrogen (secondary N) is 1. The summed E-state index contributed by atoms with van der Waals surface area (Å²) < 4.78 is 25.0. The van der Waals surface area contributed by atoms with E-state index in [1.807, 2.05) is 0 Å². The first-order chi connectivity index (χ1) is 24.2. The maximum atomic E-state index is 13.6. The Labute approximate surface area is 286 Å². The fourth-order valence-corrected chi connectivity index (χ4v) is 5.50. The maximum absolute atomic E-state index is 13.6. The van der Waals surface area contributed by atoms with Gasteiger partial charge in [0, 0.05) is 11.8 Å². The summed E-state index contributed by atoms with van der Waals surface area (Å²) in [6, 6.07) is 34.2. The van der Waals surface area contributed by atoms with Gasteiger partial charge in [0.25, 0.3) is 5.91 Å². The van der Waals surface area contributed by atoms with Crippen LogP contribution in [0.15, 0.2) is 138 Å². The second kappa shape index (κ2) is 14.8. The molecule has 1 saturated heterocycles. The molecule has 252 valence electrons. The zero-order valence-electron chi connectivity index (χ0n) is 26.7. The Bertz CT molecular complexity index is 2040. The number of hydrogen-bond acceptors (Lipinski definition) is 10. The minimum absolute atomic E-state index is 0.0403. The van der Waals surface area contributed by atoms with E-state index < -0.39 is 60.1 Å². The van der Waals surface area contributed by atoms with Crippen LogP contribution >= 0.6 is 0 Å². The summed E-state index contributed by atoms with van der Waals surface area (Å²) in [5.41, 5.74) is -1.76. The molecule has 0 spiro atoms. The standard InChI is InChI=1S/C38H31N3O9/c1-38(50-35(45)28-20-12-5-13-21-28)31(49-34(44)27-18-10-4-11-19-27)29(24-47-33(43)26-16-8-3-9-17-26)48-36(38)41-23-22-30(40-37(41)46)39-32(42)25-14-6-2-7-15-25/h2-23,29,31,36H,24H2,1H3,(H,39,40,42,46)/t29-,31-,36-,38+/m1/s1. The Morgan fingerprint density at radius 3 is 1.76 bits per heavy atom. The van der Waals surface area contributed by atoms with Gasteiger partial charge in [0.15, 0.2) is 17.9 Å². The number of nitrogens with zero attached hydrogens (tertiary/aromatic N) is 2. The van der Waals surface area contributed by atoms with Gasteiger partial charge in [-0.2, -0.15) is 4.98 Å². The average Bonchev–Trinajstić information content (AvgIpc) is 3.41. The van der Waals surface area contributed by atoms with Crippen LogP contribution in [0.4, 0.5) is 5.82 Å². The Morgan fingerprint density at radius 2 is 1.22 bits per heavy atom. The molecule has 0 bridgehead atoms. The van der Waals surface area contributed by atoms with E-state index in [-0.39, 0.29) is 22.5 Å². The maximum Gasteiger partial charge on any atom is 0.351 e. The minimum atomic E-state index is -1.89. The van der Waals surface area contributed by atoms with Gasteiger partial charge in [-0.05, 0) is 61.5 Å². The lowest BCUT2D eigenvalue weighted by atomic mass is 9.95. The van der Waals surface area contributed by atoms with Gasteiger partial charge in [0.05, 0.1) is 16.7 Å². The van der Waals surface area contributed by atoms with Crippen LogP contribution in [0, 0.1) is 0 Å². The summed E-state index contributed by atoms with van der Waals surface area (Å²) in [7, 11) is 0. The number of rotatable bonds is 10. The molecule has 0 aliphatic carbocycles. The van der Waals surface area contributed by atoms with E-state index in [0.717, 1.165) is 4.57 Å². The van der Waals surface area contributed by atoms with E-state index >= 15 is 0 Å². The molecule has 4 atom stereocenters. The minimum Gasteiger partial charge on any atom is -0.459 e. The normalized spacial score (nSPS) is 19.6. The number of benzene rings is 4. The highest BCUT2D eigenvalue weighted by molar-refractivity contribution is 6.03. The largest absolute Gasteiger partial charge is 0.459 e. The summed E-state index contributed by atoms with van der Waals surface area (Å²) in [6.45, 7) is 1.01. The zero-order chi connectivity index (χ0) is 35.1. The zero-order valence-corrected chi connectivity index (χ0v) is 26.7. The van der Waals surface area contributed by atoms with E-state index in [2.05, 4.69) is 10.3 Å². The lowest BCUT2D eigenvalue weighted by molar-refractivity contribution is -0.111. The van der Waals surface area contributed by atoms with Crippen molar-refractivity contribution in [3.05, 3.63) is 166 Å². The predicted octanol–water partition coefficient (Wildman–Crippen LogP) is 5.09. The predicted molar refractivity (Wildman–Crippen MR) is 179 cm³/mol. The van der Waals surface area contributed by atoms with E-state index in [9.17, 15) is 24.0 Å². The Kier molecular flexibility index (Phi) is 9.91. The van der Waals surface area contributed by atoms with E-state index in [4.69, 9.17) is 18.9 Å². The number of esters is 3. The Balaban J connectivity index is 1.36. The van der Waals surface area contributed by atoms with E-state index in [1.54, 1.807) is 121 Å². The van der Waals surface area contributed by atoms with Gasteiger partial charge in [-0.15, -0.1) is 0 Å². The number of anilines is 1. The number of carbonyl (C=O) groups is 4. The molecule has 50 heavy (non-hydrogen) atoms. The summed E-state index contributed by atoms with van der Waals surface area (Å²) in [5, 5.41) is 2.59. The monoisotopic (exact) mass is 673 g/mol. The van der Waals surface area contributed by atoms with Gasteiger partial charge >= 0.3 is 23.6 Å². The fraction of sp³-hybridized carbons (Fsp3) is 0.158. The van der Waals surface area contributed by atoms with Crippen LogP contribution in [-0.4, -0.2) is 57.8 Å². The molecule has 12 nitrogen and oxygen atoms in total. The van der Waals surface area contributed by atoms with Crippen molar-refractivity contribution in [3.63, 3.8) is 0 Å². The van der Waals surface area contributed by atoms with E-state index in [0.29, 0.717) is 5.56 Å². The number of ether oxygens (including phenoxy) is 4. The molecular formula is C38H31N3O9. The van der Waals surface area contributed by atoms with Crippen LogP contribution in [0.2, 0.25) is 0 Å². The van der Waals surface area contributed by atoms with Crippen molar-refractivity contribution in [3.8, 4) is 0 Å². The molecule has 2 heterocycles. The highest BCUT2D eigenvalue weighted by Crippen LogP contribution is 2.43. The highest BCUT2D eigenvalue weighted by atomic mass is 16.7. The fourth-order valence-electron chi connectivity index (χ4n) is 5.50. The number of aromatic nitrogens is 2. The molecule has 1 amide bonds. The summed E-state index contributed by atoms with van der Waals surface area (Å²) >= 11 is 0. The van der Waals surface area contributed by atoms with Crippen LogP contribution < -0.4 is 11.0 Å². The quantitative estimate of drug-likeness (QED) is 0.157. The highest BCUT2D eigenvalue weighted by Gasteiger charge is 2.60. The lowest BCUT2D eigenvalue weighted by Gasteiger charge is -2.34. The van der Waals surface area contributed by atoms with Crippen LogP contribution in [0.3, 0.4) is 0 Å². The van der Waals surface area contributed by atoms with Crippen LogP contribution in [0.25, 0.3) is 0 Å². The van der Waals surface area contributed by atoms with E-state index in [1.165, 1.54) is 19.2 Å². The first-order valence-electron chi connectivity index (χ1n) is 15.6.